The number of aromatic nitrogens is 1. The van der Waals surface area contributed by atoms with Crippen molar-refractivity contribution < 1.29 is 5.11 Å². The van der Waals surface area contributed by atoms with Crippen molar-refractivity contribution in [3.8, 4) is 0 Å². The minimum absolute atomic E-state index is 0.122. The quantitative estimate of drug-likeness (QED) is 0.836. The molecule has 4 heteroatoms. The van der Waals surface area contributed by atoms with Crippen LogP contribution in [0, 0.1) is 0 Å². The zero-order valence-corrected chi connectivity index (χ0v) is 10.9. The fourth-order valence-corrected chi connectivity index (χ4v) is 3.22. The topological polar surface area (TPSA) is 39.6 Å². The molecule has 18 heavy (non-hydrogen) atoms. The number of hydrogen-bond acceptors (Lipinski definition) is 4. The van der Waals surface area contributed by atoms with Crippen LogP contribution in [0.4, 0.5) is 0 Å². The van der Waals surface area contributed by atoms with E-state index in [9.17, 15) is 5.11 Å². The van der Waals surface area contributed by atoms with Crippen molar-refractivity contribution in [2.45, 2.75) is 38.1 Å². The molecular formula is C14H21N3O. The molecule has 0 bridgehead atoms. The summed E-state index contributed by atoms with van der Waals surface area (Å²) >= 11 is 0. The first kappa shape index (κ1) is 12.1. The third kappa shape index (κ3) is 2.41. The van der Waals surface area contributed by atoms with Crippen molar-refractivity contribution in [1.82, 2.24) is 14.8 Å². The normalized spacial score (nSPS) is 33.6. The number of hydrogen-bond donors (Lipinski definition) is 1. The molecule has 0 spiro atoms. The van der Waals surface area contributed by atoms with Crippen LogP contribution in [0.5, 0.6) is 0 Å². The highest BCUT2D eigenvalue weighted by Crippen LogP contribution is 2.25. The monoisotopic (exact) mass is 247 g/mol. The van der Waals surface area contributed by atoms with Gasteiger partial charge in [0.25, 0.3) is 0 Å². The van der Waals surface area contributed by atoms with Crippen LogP contribution < -0.4 is 0 Å². The van der Waals surface area contributed by atoms with E-state index in [1.807, 2.05) is 12.4 Å². The number of rotatable bonds is 2. The maximum atomic E-state index is 9.75. The Kier molecular flexibility index (Phi) is 3.33. The third-order valence-electron chi connectivity index (χ3n) is 4.21. The highest BCUT2D eigenvalue weighted by atomic mass is 16.3. The number of fused-ring (bicyclic) bond motifs is 1. The van der Waals surface area contributed by atoms with Gasteiger partial charge in [-0.15, -0.1) is 0 Å². The molecule has 2 aliphatic heterocycles. The second kappa shape index (κ2) is 4.96. The minimum Gasteiger partial charge on any atom is -0.392 e. The Morgan fingerprint density at radius 1 is 1.28 bits per heavy atom. The number of piperazine rings is 1. The summed E-state index contributed by atoms with van der Waals surface area (Å²) in [7, 11) is 0. The SMILES string of the molecule is C[C@H]1CN2C[C@H](O)CC2CN1Cc1ccncc1. The lowest BCUT2D eigenvalue weighted by atomic mass is 10.1. The Bertz CT molecular complexity index is 397. The van der Waals surface area contributed by atoms with Crippen LogP contribution in [0.15, 0.2) is 24.5 Å². The molecule has 98 valence electrons. The molecule has 1 aromatic rings. The van der Waals surface area contributed by atoms with Gasteiger partial charge in [0.05, 0.1) is 6.10 Å². The second-order valence-electron chi connectivity index (χ2n) is 5.63. The summed E-state index contributed by atoms with van der Waals surface area (Å²) in [6.07, 6.45) is 4.52. The molecule has 2 saturated heterocycles. The molecular weight excluding hydrogens is 226 g/mol. The Balaban J connectivity index is 1.66. The van der Waals surface area contributed by atoms with Crippen molar-refractivity contribution in [2.24, 2.45) is 0 Å². The van der Waals surface area contributed by atoms with Gasteiger partial charge in [0.15, 0.2) is 0 Å². The van der Waals surface area contributed by atoms with Crippen molar-refractivity contribution in [3.63, 3.8) is 0 Å². The molecule has 3 atom stereocenters. The molecule has 1 N–H and O–H groups in total. The molecule has 1 aromatic heterocycles. The average Bonchev–Trinajstić information content (AvgIpc) is 2.70. The number of pyridine rings is 1. The molecule has 0 amide bonds. The van der Waals surface area contributed by atoms with E-state index in [2.05, 4.69) is 33.8 Å². The maximum absolute atomic E-state index is 9.75. The van der Waals surface area contributed by atoms with Crippen LogP contribution in [0.2, 0.25) is 0 Å². The van der Waals surface area contributed by atoms with E-state index in [1.54, 1.807) is 0 Å². The van der Waals surface area contributed by atoms with Gasteiger partial charge in [-0.05, 0) is 31.0 Å². The van der Waals surface area contributed by atoms with E-state index in [1.165, 1.54) is 5.56 Å². The van der Waals surface area contributed by atoms with Gasteiger partial charge in [0, 0.05) is 50.7 Å². The summed E-state index contributed by atoms with van der Waals surface area (Å²) in [4.78, 5) is 9.03. The van der Waals surface area contributed by atoms with Gasteiger partial charge in [0.2, 0.25) is 0 Å². The molecule has 3 rings (SSSR count). The highest BCUT2D eigenvalue weighted by molar-refractivity contribution is 5.10. The smallest absolute Gasteiger partial charge is 0.0682 e. The fraction of sp³-hybridized carbons (Fsp3) is 0.643. The number of aliphatic hydroxyl groups is 1. The largest absolute Gasteiger partial charge is 0.392 e. The molecule has 0 radical (unpaired) electrons. The lowest BCUT2D eigenvalue weighted by Gasteiger charge is -2.42. The van der Waals surface area contributed by atoms with E-state index in [-0.39, 0.29) is 6.10 Å². The van der Waals surface area contributed by atoms with Gasteiger partial charge in [0.1, 0.15) is 0 Å². The molecule has 0 aromatic carbocycles. The van der Waals surface area contributed by atoms with Crippen LogP contribution in [0.3, 0.4) is 0 Å². The Labute approximate surface area is 108 Å². The summed E-state index contributed by atoms with van der Waals surface area (Å²) < 4.78 is 0. The number of aliphatic hydroxyl groups excluding tert-OH is 1. The number of nitrogens with zero attached hydrogens (tertiary/aromatic N) is 3. The lowest BCUT2D eigenvalue weighted by Crippen LogP contribution is -2.54. The average molecular weight is 247 g/mol. The van der Waals surface area contributed by atoms with E-state index < -0.39 is 0 Å². The molecule has 1 unspecified atom stereocenters. The first-order valence-corrected chi connectivity index (χ1v) is 6.77. The van der Waals surface area contributed by atoms with Gasteiger partial charge in [-0.2, -0.15) is 0 Å². The van der Waals surface area contributed by atoms with E-state index in [0.717, 1.165) is 32.6 Å². The minimum atomic E-state index is -0.122. The van der Waals surface area contributed by atoms with Crippen LogP contribution >= 0.6 is 0 Å². The molecule has 4 nitrogen and oxygen atoms in total. The summed E-state index contributed by atoms with van der Waals surface area (Å²) in [5.74, 6) is 0. The molecule has 0 saturated carbocycles. The predicted octanol–water partition coefficient (Wildman–Crippen LogP) is 0.721. The third-order valence-corrected chi connectivity index (χ3v) is 4.21. The maximum Gasteiger partial charge on any atom is 0.0682 e. The van der Waals surface area contributed by atoms with Gasteiger partial charge >= 0.3 is 0 Å². The first-order chi connectivity index (χ1) is 8.72. The van der Waals surface area contributed by atoms with Crippen molar-refractivity contribution in [2.75, 3.05) is 19.6 Å². The fourth-order valence-electron chi connectivity index (χ4n) is 3.22. The van der Waals surface area contributed by atoms with Crippen molar-refractivity contribution >= 4 is 0 Å². The first-order valence-electron chi connectivity index (χ1n) is 6.77. The summed E-state index contributed by atoms with van der Waals surface area (Å²) in [6, 6.07) is 5.27. The van der Waals surface area contributed by atoms with Crippen molar-refractivity contribution in [1.29, 1.82) is 0 Å². The van der Waals surface area contributed by atoms with Crippen LogP contribution in [-0.2, 0) is 6.54 Å². The van der Waals surface area contributed by atoms with Crippen LogP contribution in [0.25, 0.3) is 0 Å². The standard InChI is InChI=1S/C14H21N3O/c1-11-7-17-10-14(18)6-13(17)9-16(11)8-12-2-4-15-5-3-12/h2-5,11,13-14,18H,6-10H2,1H3/t11-,13?,14+/m0/s1. The summed E-state index contributed by atoms with van der Waals surface area (Å²) in [5, 5.41) is 9.75. The van der Waals surface area contributed by atoms with E-state index >= 15 is 0 Å². The molecule has 0 aliphatic carbocycles. The molecule has 2 fully saturated rings. The van der Waals surface area contributed by atoms with E-state index in [0.29, 0.717) is 12.1 Å². The van der Waals surface area contributed by atoms with Crippen LogP contribution in [0.1, 0.15) is 18.9 Å². The van der Waals surface area contributed by atoms with Gasteiger partial charge < -0.3 is 5.11 Å². The van der Waals surface area contributed by atoms with Gasteiger partial charge in [-0.1, -0.05) is 0 Å². The molecule has 3 heterocycles. The second-order valence-corrected chi connectivity index (χ2v) is 5.63. The predicted molar refractivity (Wildman–Crippen MR) is 70.1 cm³/mol. The molecule has 2 aliphatic rings. The van der Waals surface area contributed by atoms with Crippen LogP contribution in [-0.4, -0.2) is 57.7 Å². The zero-order chi connectivity index (χ0) is 12.5. The summed E-state index contributed by atoms with van der Waals surface area (Å²) in [5.41, 5.74) is 1.32. The van der Waals surface area contributed by atoms with E-state index in [4.69, 9.17) is 0 Å². The Hall–Kier alpha value is -0.970. The highest BCUT2D eigenvalue weighted by Gasteiger charge is 2.37. The van der Waals surface area contributed by atoms with Crippen molar-refractivity contribution in [3.05, 3.63) is 30.1 Å². The Morgan fingerprint density at radius 3 is 2.83 bits per heavy atom. The summed E-state index contributed by atoms with van der Waals surface area (Å²) in [6.45, 7) is 6.28. The zero-order valence-electron chi connectivity index (χ0n) is 10.9. The van der Waals surface area contributed by atoms with Gasteiger partial charge in [-0.25, -0.2) is 0 Å². The van der Waals surface area contributed by atoms with Gasteiger partial charge in [-0.3, -0.25) is 14.8 Å². The lowest BCUT2D eigenvalue weighted by molar-refractivity contribution is 0.0528. The Morgan fingerprint density at radius 2 is 2.06 bits per heavy atom.